The van der Waals surface area contributed by atoms with Crippen LogP contribution in [0.2, 0.25) is 10.0 Å². The third-order valence-corrected chi connectivity index (χ3v) is 6.50. The lowest BCUT2D eigenvalue weighted by molar-refractivity contribution is 0.0518. The summed E-state index contributed by atoms with van der Waals surface area (Å²) in [4.78, 5) is 55.1. The van der Waals surface area contributed by atoms with Gasteiger partial charge in [0.25, 0.3) is 11.8 Å². The number of hydroxylamine groups is 1. The lowest BCUT2D eigenvalue weighted by Crippen LogP contribution is -2.45. The van der Waals surface area contributed by atoms with Gasteiger partial charge in [-0.2, -0.15) is 9.97 Å². The molecule has 2 aromatic heterocycles. The van der Waals surface area contributed by atoms with Gasteiger partial charge in [0.2, 0.25) is 0 Å². The number of nitrogens with one attached hydrogen (secondary N) is 4. The van der Waals surface area contributed by atoms with Crippen LogP contribution in [0.15, 0.2) is 6.07 Å². The number of halogens is 2. The first kappa shape index (κ1) is 30.3. The molecule has 4 N–H and O–H groups in total. The van der Waals surface area contributed by atoms with Crippen LogP contribution in [0.4, 0.5) is 10.6 Å². The summed E-state index contributed by atoms with van der Waals surface area (Å²) >= 11 is 12.3. The van der Waals surface area contributed by atoms with Crippen molar-refractivity contribution in [2.75, 3.05) is 38.3 Å². The zero-order valence-corrected chi connectivity index (χ0v) is 24.0. The standard InChI is InChI=1S/C24H33Cl2N7O6/c1-13-17(25)18(26)19(28-13)21(35)29-14-6-9-33(10-7-14)16-12-15(20(34)32-37-5)30-22(31-16)38-11-8-27-23(36)39-24(2,3)4/h12,14,28H,6-11H2,1-5H3,(H,27,36)(H,29,35)(H,32,34). The molecule has 15 heteroatoms. The number of H-pyrrole nitrogens is 1. The van der Waals surface area contributed by atoms with E-state index in [2.05, 4.69) is 31.1 Å². The quantitative estimate of drug-likeness (QED) is 0.256. The Labute approximate surface area is 236 Å². The molecule has 0 unspecified atom stereocenters. The molecule has 1 aliphatic rings. The van der Waals surface area contributed by atoms with Gasteiger partial charge in [0.05, 0.1) is 23.7 Å². The third kappa shape index (κ3) is 8.60. The summed E-state index contributed by atoms with van der Waals surface area (Å²) in [6.45, 7) is 8.31. The topological polar surface area (TPSA) is 160 Å². The number of aromatic amines is 1. The minimum absolute atomic E-state index is 0.0381. The van der Waals surface area contributed by atoms with Gasteiger partial charge in [0.15, 0.2) is 0 Å². The Morgan fingerprint density at radius 3 is 2.41 bits per heavy atom. The van der Waals surface area contributed by atoms with Crippen molar-refractivity contribution in [1.29, 1.82) is 0 Å². The highest BCUT2D eigenvalue weighted by atomic mass is 35.5. The van der Waals surface area contributed by atoms with Crippen LogP contribution in [-0.4, -0.2) is 77.9 Å². The first-order valence-corrected chi connectivity index (χ1v) is 13.0. The highest BCUT2D eigenvalue weighted by molar-refractivity contribution is 6.44. The number of piperidine rings is 1. The van der Waals surface area contributed by atoms with E-state index < -0.39 is 17.6 Å². The second kappa shape index (κ2) is 13.2. The minimum atomic E-state index is -0.621. The Morgan fingerprint density at radius 2 is 1.82 bits per heavy atom. The molecule has 3 amide bonds. The molecule has 3 heterocycles. The van der Waals surface area contributed by atoms with E-state index in [9.17, 15) is 14.4 Å². The lowest BCUT2D eigenvalue weighted by atomic mass is 10.0. The second-order valence-corrected chi connectivity index (χ2v) is 10.6. The minimum Gasteiger partial charge on any atom is -0.462 e. The predicted octanol–water partition coefficient (Wildman–Crippen LogP) is 3.01. The number of rotatable bonds is 9. The molecule has 1 fully saturated rings. The predicted molar refractivity (Wildman–Crippen MR) is 144 cm³/mol. The zero-order chi connectivity index (χ0) is 28.7. The van der Waals surface area contributed by atoms with Crippen molar-refractivity contribution in [2.45, 2.75) is 52.2 Å². The Bertz CT molecular complexity index is 1190. The van der Waals surface area contributed by atoms with Gasteiger partial charge in [0.1, 0.15) is 29.4 Å². The number of carbonyl (C=O) groups is 3. The van der Waals surface area contributed by atoms with Gasteiger partial charge >= 0.3 is 12.1 Å². The van der Waals surface area contributed by atoms with Crippen LogP contribution in [0.25, 0.3) is 0 Å². The average molecular weight is 586 g/mol. The molecule has 0 aromatic carbocycles. The molecule has 0 radical (unpaired) electrons. The lowest BCUT2D eigenvalue weighted by Gasteiger charge is -2.33. The summed E-state index contributed by atoms with van der Waals surface area (Å²) in [5, 5.41) is 6.08. The van der Waals surface area contributed by atoms with Gasteiger partial charge in [0, 0.05) is 30.9 Å². The summed E-state index contributed by atoms with van der Waals surface area (Å²) in [6.07, 6.45) is 0.667. The van der Waals surface area contributed by atoms with Crippen molar-refractivity contribution >= 4 is 46.9 Å². The number of hydrogen-bond acceptors (Lipinski definition) is 9. The number of hydrogen-bond donors (Lipinski definition) is 4. The maximum absolute atomic E-state index is 12.7. The molecule has 1 saturated heterocycles. The van der Waals surface area contributed by atoms with Crippen molar-refractivity contribution < 1.29 is 28.7 Å². The summed E-state index contributed by atoms with van der Waals surface area (Å²) in [5.74, 6) is -0.428. The van der Waals surface area contributed by atoms with Crippen LogP contribution in [0.1, 0.15) is 60.3 Å². The Kier molecular flexibility index (Phi) is 10.2. The molecule has 0 spiro atoms. The Morgan fingerprint density at radius 1 is 1.13 bits per heavy atom. The molecule has 1 aliphatic heterocycles. The SMILES string of the molecule is CONC(=O)c1cc(N2CCC(NC(=O)c3[nH]c(C)c(Cl)c3Cl)CC2)nc(OCCNC(=O)OC(C)(C)C)n1. The maximum atomic E-state index is 12.7. The van der Waals surface area contributed by atoms with E-state index in [4.69, 9.17) is 37.5 Å². The highest BCUT2D eigenvalue weighted by Crippen LogP contribution is 2.29. The van der Waals surface area contributed by atoms with Crippen molar-refractivity contribution in [3.63, 3.8) is 0 Å². The van der Waals surface area contributed by atoms with E-state index in [1.165, 1.54) is 13.2 Å². The van der Waals surface area contributed by atoms with Gasteiger partial charge in [-0.05, 0) is 40.5 Å². The molecule has 2 aromatic rings. The number of amides is 3. The molecule has 0 aliphatic carbocycles. The van der Waals surface area contributed by atoms with Crippen LogP contribution in [0.3, 0.4) is 0 Å². The monoisotopic (exact) mass is 585 g/mol. The molecule has 13 nitrogen and oxygen atoms in total. The van der Waals surface area contributed by atoms with Crippen LogP contribution >= 0.6 is 23.2 Å². The normalized spacial score (nSPS) is 14.1. The smallest absolute Gasteiger partial charge is 0.407 e. The van der Waals surface area contributed by atoms with Crippen LogP contribution in [-0.2, 0) is 9.57 Å². The number of anilines is 1. The fourth-order valence-electron chi connectivity index (χ4n) is 3.75. The third-order valence-electron chi connectivity index (χ3n) is 5.56. The van der Waals surface area contributed by atoms with E-state index >= 15 is 0 Å². The molecular formula is C24H33Cl2N7O6. The Balaban J connectivity index is 1.61. The second-order valence-electron chi connectivity index (χ2n) is 9.79. The zero-order valence-electron chi connectivity index (χ0n) is 22.4. The first-order chi connectivity index (χ1) is 18.4. The van der Waals surface area contributed by atoms with E-state index in [1.54, 1.807) is 27.7 Å². The number of alkyl carbamates (subject to hydrolysis) is 1. The van der Waals surface area contributed by atoms with Gasteiger partial charge in [-0.3, -0.25) is 14.4 Å². The summed E-state index contributed by atoms with van der Waals surface area (Å²) < 4.78 is 10.8. The first-order valence-electron chi connectivity index (χ1n) is 12.3. The van der Waals surface area contributed by atoms with Crippen molar-refractivity contribution in [2.24, 2.45) is 0 Å². The molecule has 0 bridgehead atoms. The fourth-order valence-corrected chi connectivity index (χ4v) is 4.17. The number of carbonyl (C=O) groups excluding carboxylic acids is 3. The summed E-state index contributed by atoms with van der Waals surface area (Å²) in [7, 11) is 1.31. The van der Waals surface area contributed by atoms with Gasteiger partial charge < -0.3 is 30.0 Å². The fraction of sp³-hybridized carbons (Fsp3) is 0.542. The molecule has 0 atom stereocenters. The highest BCUT2D eigenvalue weighted by Gasteiger charge is 2.26. The Hall–Kier alpha value is -3.29. The molecule has 0 saturated carbocycles. The van der Waals surface area contributed by atoms with Crippen molar-refractivity contribution in [3.8, 4) is 6.01 Å². The molecule has 39 heavy (non-hydrogen) atoms. The van der Waals surface area contributed by atoms with Crippen LogP contribution in [0, 0.1) is 6.92 Å². The van der Waals surface area contributed by atoms with E-state index in [0.29, 0.717) is 42.5 Å². The van der Waals surface area contributed by atoms with Crippen LogP contribution < -0.4 is 25.8 Å². The molecular weight excluding hydrogens is 553 g/mol. The van der Waals surface area contributed by atoms with Crippen molar-refractivity contribution in [1.82, 2.24) is 31.1 Å². The largest absolute Gasteiger partial charge is 0.462 e. The van der Waals surface area contributed by atoms with Gasteiger partial charge in [-0.15, -0.1) is 0 Å². The average Bonchev–Trinajstić information content (AvgIpc) is 3.13. The molecule has 214 valence electrons. The van der Waals surface area contributed by atoms with Crippen molar-refractivity contribution in [3.05, 3.63) is 33.2 Å². The summed E-state index contributed by atoms with van der Waals surface area (Å²) in [6, 6.07) is 1.39. The van der Waals surface area contributed by atoms with Crippen LogP contribution in [0.5, 0.6) is 6.01 Å². The van der Waals surface area contributed by atoms with Gasteiger partial charge in [-0.1, -0.05) is 23.2 Å². The molecule has 3 rings (SSSR count). The number of aryl methyl sites for hydroxylation is 1. The van der Waals surface area contributed by atoms with Gasteiger partial charge in [-0.25, -0.2) is 10.3 Å². The number of nitrogens with zero attached hydrogens (tertiary/aromatic N) is 3. The van der Waals surface area contributed by atoms with E-state index in [1.807, 2.05) is 4.90 Å². The number of aromatic nitrogens is 3. The van der Waals surface area contributed by atoms with E-state index in [0.717, 1.165) is 0 Å². The number of ether oxygens (including phenoxy) is 2. The maximum Gasteiger partial charge on any atom is 0.407 e. The van der Waals surface area contributed by atoms with E-state index in [-0.39, 0.29) is 47.5 Å². The summed E-state index contributed by atoms with van der Waals surface area (Å²) in [5.41, 5.74) is 2.50.